The first-order valence-corrected chi connectivity index (χ1v) is 10.4. The van der Waals surface area contributed by atoms with Crippen LogP contribution in [0, 0.1) is 0 Å². The molecule has 0 saturated carbocycles. The normalized spacial score (nSPS) is 24.9. The molecule has 0 bridgehead atoms. The third-order valence-electron chi connectivity index (χ3n) is 6.75. The van der Waals surface area contributed by atoms with Crippen LogP contribution in [0.1, 0.15) is 61.0 Å². The fraction of sp³-hybridized carbons (Fsp3) is 0.636. The van der Waals surface area contributed by atoms with E-state index in [1.165, 1.54) is 0 Å². The Hall–Kier alpha value is -1.11. The molecule has 1 aromatic rings. The minimum atomic E-state index is -0.366. The first kappa shape index (κ1) is 22.6. The smallest absolute Gasteiger partial charge is 0.400 e. The van der Waals surface area contributed by atoms with Gasteiger partial charge in [-0.3, -0.25) is 0 Å². The number of likely N-dealkylation sites (N-methyl/N-ethyl adjacent to an activating group) is 1. The molecular formula is C22H35B2NO4. The van der Waals surface area contributed by atoms with Gasteiger partial charge in [-0.1, -0.05) is 30.3 Å². The molecule has 0 atom stereocenters. The van der Waals surface area contributed by atoms with Crippen molar-refractivity contribution in [2.45, 2.75) is 77.8 Å². The first-order chi connectivity index (χ1) is 13.3. The molecule has 0 radical (unpaired) electrons. The van der Waals surface area contributed by atoms with Crippen LogP contribution < -0.4 is 10.8 Å². The first-order valence-electron chi connectivity index (χ1n) is 10.4. The summed E-state index contributed by atoms with van der Waals surface area (Å²) in [5, 5.41) is 3.23. The van der Waals surface area contributed by atoms with E-state index in [0.717, 1.165) is 16.5 Å². The van der Waals surface area contributed by atoms with E-state index in [9.17, 15) is 0 Å². The summed E-state index contributed by atoms with van der Waals surface area (Å²) in [5.41, 5.74) is 1.78. The fourth-order valence-electron chi connectivity index (χ4n) is 3.34. The monoisotopic (exact) mass is 399 g/mol. The zero-order valence-corrected chi connectivity index (χ0v) is 19.4. The highest BCUT2D eigenvalue weighted by Gasteiger charge is 2.53. The maximum absolute atomic E-state index is 6.23. The molecule has 2 aliphatic heterocycles. The van der Waals surface area contributed by atoms with Gasteiger partial charge < -0.3 is 23.9 Å². The van der Waals surface area contributed by atoms with Crippen LogP contribution in [0.15, 0.2) is 29.7 Å². The van der Waals surface area contributed by atoms with Gasteiger partial charge >= 0.3 is 14.2 Å². The van der Waals surface area contributed by atoms with E-state index in [4.69, 9.17) is 18.6 Å². The molecule has 7 heteroatoms. The molecule has 2 saturated heterocycles. The highest BCUT2D eigenvalue weighted by atomic mass is 16.7. The highest BCUT2D eigenvalue weighted by molar-refractivity contribution is 6.62. The number of hydrogen-bond donors (Lipinski definition) is 1. The molecule has 0 spiro atoms. The zero-order valence-electron chi connectivity index (χ0n) is 19.4. The average Bonchev–Trinajstić information content (AvgIpc) is 2.95. The Balaban J connectivity index is 1.79. The number of rotatable bonds is 5. The van der Waals surface area contributed by atoms with Crippen LogP contribution in [0.25, 0.3) is 6.08 Å². The SMILES string of the molecule is CNCC(=Cc1ccc(B2OC(C)(C)C(C)(C)O2)cc1)B1OC(C)(C)C(C)(C)O1. The molecule has 2 heterocycles. The minimum absolute atomic E-state index is 0.340. The lowest BCUT2D eigenvalue weighted by molar-refractivity contribution is 0.00578. The molecule has 158 valence electrons. The third-order valence-corrected chi connectivity index (χ3v) is 6.75. The van der Waals surface area contributed by atoms with Crippen molar-refractivity contribution in [1.82, 2.24) is 5.32 Å². The van der Waals surface area contributed by atoms with Crippen molar-refractivity contribution in [1.29, 1.82) is 0 Å². The standard InChI is InChI=1S/C22H35B2NO4/c1-19(2)20(3,4)27-23(26-19)17-12-10-16(11-13-17)14-18(15-25-9)24-28-21(5,6)22(7,8)29-24/h10-14,25H,15H2,1-9H3. The Morgan fingerprint density at radius 2 is 1.24 bits per heavy atom. The summed E-state index contributed by atoms with van der Waals surface area (Å²) in [6, 6.07) is 8.30. The van der Waals surface area contributed by atoms with Crippen molar-refractivity contribution < 1.29 is 18.6 Å². The summed E-state index contributed by atoms with van der Waals surface area (Å²) >= 11 is 0. The van der Waals surface area contributed by atoms with Crippen molar-refractivity contribution >= 4 is 25.8 Å². The van der Waals surface area contributed by atoms with Crippen molar-refractivity contribution in [2.24, 2.45) is 0 Å². The van der Waals surface area contributed by atoms with Gasteiger partial charge in [0, 0.05) is 6.54 Å². The predicted molar refractivity (Wildman–Crippen MR) is 120 cm³/mol. The van der Waals surface area contributed by atoms with Crippen molar-refractivity contribution in [2.75, 3.05) is 13.6 Å². The minimum Gasteiger partial charge on any atom is -0.400 e. The van der Waals surface area contributed by atoms with Crippen LogP contribution in [-0.4, -0.2) is 50.2 Å². The van der Waals surface area contributed by atoms with Crippen LogP contribution >= 0.6 is 0 Å². The largest absolute Gasteiger partial charge is 0.494 e. The Bertz CT molecular complexity index is 740. The lowest BCUT2D eigenvalue weighted by Gasteiger charge is -2.32. The van der Waals surface area contributed by atoms with Gasteiger partial charge in [0.15, 0.2) is 0 Å². The molecule has 0 aliphatic carbocycles. The molecule has 2 aliphatic rings. The number of hydrogen-bond acceptors (Lipinski definition) is 5. The van der Waals surface area contributed by atoms with Gasteiger partial charge in [-0.05, 0) is 78.9 Å². The lowest BCUT2D eigenvalue weighted by atomic mass is 9.76. The molecule has 0 amide bonds. The van der Waals surface area contributed by atoms with Crippen molar-refractivity contribution in [3.05, 3.63) is 35.3 Å². The average molecular weight is 399 g/mol. The summed E-state index contributed by atoms with van der Waals surface area (Å²) in [7, 11) is 1.22. The second kappa shape index (κ2) is 7.54. The second-order valence-corrected chi connectivity index (χ2v) is 10.1. The van der Waals surface area contributed by atoms with Gasteiger partial charge in [0.05, 0.1) is 22.4 Å². The summed E-state index contributed by atoms with van der Waals surface area (Å²) in [6.45, 7) is 17.3. The lowest BCUT2D eigenvalue weighted by Crippen LogP contribution is -2.41. The van der Waals surface area contributed by atoms with E-state index in [-0.39, 0.29) is 36.6 Å². The Morgan fingerprint density at radius 1 is 0.793 bits per heavy atom. The Morgan fingerprint density at radius 3 is 1.69 bits per heavy atom. The van der Waals surface area contributed by atoms with Gasteiger partial charge in [0.1, 0.15) is 0 Å². The van der Waals surface area contributed by atoms with Crippen LogP contribution in [0.4, 0.5) is 0 Å². The van der Waals surface area contributed by atoms with Crippen LogP contribution in [0.3, 0.4) is 0 Å². The van der Waals surface area contributed by atoms with E-state index in [1.807, 2.05) is 7.05 Å². The molecule has 29 heavy (non-hydrogen) atoms. The maximum Gasteiger partial charge on any atom is 0.494 e. The summed E-state index contributed by atoms with van der Waals surface area (Å²) in [4.78, 5) is 0. The van der Waals surface area contributed by atoms with Crippen LogP contribution in [0.2, 0.25) is 0 Å². The molecule has 2 fully saturated rings. The topological polar surface area (TPSA) is 49.0 Å². The highest BCUT2D eigenvalue weighted by Crippen LogP contribution is 2.39. The summed E-state index contributed by atoms with van der Waals surface area (Å²) in [5.74, 6) is 0. The fourth-order valence-corrected chi connectivity index (χ4v) is 3.34. The van der Waals surface area contributed by atoms with E-state index in [1.54, 1.807) is 0 Å². The molecule has 3 rings (SSSR count). The summed E-state index contributed by atoms with van der Waals surface area (Å²) in [6.07, 6.45) is 2.13. The van der Waals surface area contributed by atoms with Crippen LogP contribution in [-0.2, 0) is 18.6 Å². The molecule has 1 N–H and O–H groups in total. The van der Waals surface area contributed by atoms with Crippen molar-refractivity contribution in [3.8, 4) is 0 Å². The van der Waals surface area contributed by atoms with Gasteiger partial charge in [-0.25, -0.2) is 0 Å². The Kier molecular flexibility index (Phi) is 5.87. The van der Waals surface area contributed by atoms with Gasteiger partial charge in [-0.2, -0.15) is 0 Å². The van der Waals surface area contributed by atoms with Gasteiger partial charge in [0.25, 0.3) is 0 Å². The Labute approximate surface area is 176 Å². The van der Waals surface area contributed by atoms with Gasteiger partial charge in [-0.15, -0.1) is 0 Å². The van der Waals surface area contributed by atoms with E-state index in [2.05, 4.69) is 91.0 Å². The predicted octanol–water partition coefficient (Wildman–Crippen LogP) is 3.22. The van der Waals surface area contributed by atoms with E-state index < -0.39 is 0 Å². The number of benzene rings is 1. The van der Waals surface area contributed by atoms with Gasteiger partial charge in [0.2, 0.25) is 0 Å². The molecule has 0 aromatic heterocycles. The quantitative estimate of drug-likeness (QED) is 0.771. The third kappa shape index (κ3) is 4.35. The van der Waals surface area contributed by atoms with E-state index >= 15 is 0 Å². The second-order valence-electron chi connectivity index (χ2n) is 10.1. The number of nitrogens with one attached hydrogen (secondary N) is 1. The molecule has 1 aromatic carbocycles. The summed E-state index contributed by atoms with van der Waals surface area (Å²) < 4.78 is 24.8. The molecule has 0 unspecified atom stereocenters. The van der Waals surface area contributed by atoms with E-state index in [0.29, 0.717) is 6.54 Å². The molecule has 5 nitrogen and oxygen atoms in total. The molecular weight excluding hydrogens is 364 g/mol. The van der Waals surface area contributed by atoms with Crippen molar-refractivity contribution in [3.63, 3.8) is 0 Å². The maximum atomic E-state index is 6.23. The zero-order chi connectivity index (χ0) is 21.7. The van der Waals surface area contributed by atoms with Crippen LogP contribution in [0.5, 0.6) is 0 Å².